The fourth-order valence-corrected chi connectivity index (χ4v) is 3.92. The highest BCUT2D eigenvalue weighted by molar-refractivity contribution is 7.83. The number of nitrogens with one attached hydrogen (secondary N) is 1. The van der Waals surface area contributed by atoms with Crippen molar-refractivity contribution in [3.05, 3.63) is 29.8 Å². The molecule has 1 aliphatic heterocycles. The predicted octanol–water partition coefficient (Wildman–Crippen LogP) is 2.32. The summed E-state index contributed by atoms with van der Waals surface area (Å²) in [5, 5.41) is 1.19. The lowest BCUT2D eigenvalue weighted by molar-refractivity contribution is -0.169. The quantitative estimate of drug-likeness (QED) is 0.612. The minimum atomic E-state index is -1.39. The van der Waals surface area contributed by atoms with Crippen molar-refractivity contribution in [1.29, 1.82) is 0 Å². The van der Waals surface area contributed by atoms with Crippen molar-refractivity contribution in [1.82, 2.24) is 9.79 Å². The van der Waals surface area contributed by atoms with E-state index in [1.165, 1.54) is 12.2 Å². The molecule has 0 spiro atoms. The van der Waals surface area contributed by atoms with Crippen LogP contribution in [0.4, 0.5) is 0 Å². The second kappa shape index (κ2) is 10.3. The average Bonchev–Trinajstić information content (AvgIpc) is 3.07. The van der Waals surface area contributed by atoms with Gasteiger partial charge in [0.1, 0.15) is 11.0 Å². The van der Waals surface area contributed by atoms with Gasteiger partial charge in [-0.1, -0.05) is 17.7 Å². The third-order valence-corrected chi connectivity index (χ3v) is 5.88. The van der Waals surface area contributed by atoms with Gasteiger partial charge in [0.05, 0.1) is 25.2 Å². The van der Waals surface area contributed by atoms with Crippen molar-refractivity contribution in [2.45, 2.75) is 56.3 Å². The van der Waals surface area contributed by atoms with Gasteiger partial charge in [0.25, 0.3) is 0 Å². The summed E-state index contributed by atoms with van der Waals surface area (Å²) in [7, 11) is 1.62. The topological polar surface area (TPSA) is 77.1 Å². The standard InChI is InChI=1S/C19H30N2O5S/c1-15-7-9-17(10-8-15)27(23)20-16(14-18(22)21(3)24-4)6-5-11-19(2)25-12-13-26-19/h7-10,16,20H,5-6,11-14H2,1-4H3/t16-,27-/m0/s1. The maximum atomic E-state index is 12.7. The van der Waals surface area contributed by atoms with Crippen LogP contribution < -0.4 is 4.72 Å². The second-order valence-electron chi connectivity index (χ2n) is 6.90. The number of benzene rings is 1. The molecule has 1 aromatic carbocycles. The van der Waals surface area contributed by atoms with Crippen LogP contribution in [0.2, 0.25) is 0 Å². The Hall–Kier alpha value is -1.32. The number of carbonyl (C=O) groups excluding carboxylic acids is 1. The Morgan fingerprint density at radius 3 is 2.56 bits per heavy atom. The van der Waals surface area contributed by atoms with Gasteiger partial charge in [0, 0.05) is 25.9 Å². The molecule has 152 valence electrons. The summed E-state index contributed by atoms with van der Waals surface area (Å²) in [6, 6.07) is 7.26. The Morgan fingerprint density at radius 1 is 1.33 bits per heavy atom. The zero-order valence-electron chi connectivity index (χ0n) is 16.5. The monoisotopic (exact) mass is 398 g/mol. The molecule has 1 N–H and O–H groups in total. The van der Waals surface area contributed by atoms with E-state index in [9.17, 15) is 9.00 Å². The van der Waals surface area contributed by atoms with Crippen LogP contribution in [0.1, 0.15) is 38.2 Å². The SMILES string of the molecule is CON(C)C(=O)C[C@H](CCCC1(C)OCCO1)N[S@@](=O)c1ccc(C)cc1. The molecule has 1 aromatic rings. The minimum Gasteiger partial charge on any atom is -0.348 e. The summed E-state index contributed by atoms with van der Waals surface area (Å²) in [4.78, 5) is 17.9. The molecule has 2 rings (SSSR count). The molecule has 0 aliphatic carbocycles. The first-order valence-corrected chi connectivity index (χ1v) is 10.3. The fourth-order valence-electron chi connectivity index (χ4n) is 2.90. The lowest BCUT2D eigenvalue weighted by Gasteiger charge is -2.24. The molecule has 1 fully saturated rings. The number of aryl methyl sites for hydroxylation is 1. The second-order valence-corrected chi connectivity index (χ2v) is 8.14. The average molecular weight is 399 g/mol. The molecule has 7 nitrogen and oxygen atoms in total. The van der Waals surface area contributed by atoms with Gasteiger partial charge in [0.2, 0.25) is 5.91 Å². The maximum absolute atomic E-state index is 12.7. The Balaban J connectivity index is 1.96. The number of hydrogen-bond donors (Lipinski definition) is 1. The van der Waals surface area contributed by atoms with Gasteiger partial charge in [-0.2, -0.15) is 0 Å². The molecule has 1 aliphatic rings. The molecule has 0 saturated carbocycles. The van der Waals surface area contributed by atoms with Crippen LogP contribution in [0.5, 0.6) is 0 Å². The molecule has 0 radical (unpaired) electrons. The Bertz CT molecular complexity index is 631. The van der Waals surface area contributed by atoms with E-state index in [1.54, 1.807) is 7.05 Å². The highest BCUT2D eigenvalue weighted by Gasteiger charge is 2.30. The molecule has 27 heavy (non-hydrogen) atoms. The first kappa shape index (κ1) is 22.0. The van der Waals surface area contributed by atoms with E-state index in [2.05, 4.69) is 4.72 Å². The molecule has 8 heteroatoms. The van der Waals surface area contributed by atoms with Gasteiger partial charge in [-0.15, -0.1) is 0 Å². The van der Waals surface area contributed by atoms with E-state index in [-0.39, 0.29) is 18.4 Å². The summed E-state index contributed by atoms with van der Waals surface area (Å²) in [6.45, 7) is 5.12. The van der Waals surface area contributed by atoms with Crippen LogP contribution in [0.15, 0.2) is 29.2 Å². The lowest BCUT2D eigenvalue weighted by Crippen LogP contribution is -2.37. The smallest absolute Gasteiger partial charge is 0.247 e. The van der Waals surface area contributed by atoms with Crippen molar-refractivity contribution >= 4 is 16.9 Å². The molecule has 2 atom stereocenters. The van der Waals surface area contributed by atoms with Crippen molar-refractivity contribution in [3.8, 4) is 0 Å². The molecule has 1 heterocycles. The molecule has 0 aromatic heterocycles. The molecule has 0 unspecified atom stereocenters. The molecular weight excluding hydrogens is 368 g/mol. The van der Waals surface area contributed by atoms with Gasteiger partial charge >= 0.3 is 0 Å². The number of amides is 1. The van der Waals surface area contributed by atoms with Crippen LogP contribution in [-0.2, 0) is 30.1 Å². The van der Waals surface area contributed by atoms with Gasteiger partial charge in [-0.25, -0.2) is 14.0 Å². The maximum Gasteiger partial charge on any atom is 0.247 e. The van der Waals surface area contributed by atoms with Crippen molar-refractivity contribution in [2.24, 2.45) is 0 Å². The zero-order valence-corrected chi connectivity index (χ0v) is 17.3. The highest BCUT2D eigenvalue weighted by atomic mass is 32.2. The Morgan fingerprint density at radius 2 is 1.96 bits per heavy atom. The summed E-state index contributed by atoms with van der Waals surface area (Å²) in [5.41, 5.74) is 1.11. The number of hydrogen-bond acceptors (Lipinski definition) is 5. The zero-order chi connectivity index (χ0) is 19.9. The third-order valence-electron chi connectivity index (χ3n) is 4.64. The van der Waals surface area contributed by atoms with E-state index in [0.717, 1.165) is 18.4 Å². The molecule has 1 amide bonds. The van der Waals surface area contributed by atoms with E-state index < -0.39 is 16.8 Å². The van der Waals surface area contributed by atoms with Crippen molar-refractivity contribution in [3.63, 3.8) is 0 Å². The fraction of sp³-hybridized carbons (Fsp3) is 0.632. The minimum absolute atomic E-state index is 0.171. The normalized spacial score (nSPS) is 18.2. The summed E-state index contributed by atoms with van der Waals surface area (Å²) in [6.07, 6.45) is 2.36. The largest absolute Gasteiger partial charge is 0.348 e. The summed E-state index contributed by atoms with van der Waals surface area (Å²) >= 11 is 0. The predicted molar refractivity (Wildman–Crippen MR) is 103 cm³/mol. The highest BCUT2D eigenvalue weighted by Crippen LogP contribution is 2.25. The Labute approximate surface area is 163 Å². The van der Waals surface area contributed by atoms with Crippen LogP contribution in [-0.4, -0.2) is 54.4 Å². The van der Waals surface area contributed by atoms with E-state index >= 15 is 0 Å². The van der Waals surface area contributed by atoms with Crippen molar-refractivity contribution < 1.29 is 23.3 Å². The van der Waals surface area contributed by atoms with Crippen LogP contribution in [0, 0.1) is 6.92 Å². The van der Waals surface area contributed by atoms with Gasteiger partial charge in [-0.3, -0.25) is 9.63 Å². The summed E-state index contributed by atoms with van der Waals surface area (Å²) < 4.78 is 27.0. The van der Waals surface area contributed by atoms with E-state index in [0.29, 0.717) is 24.5 Å². The van der Waals surface area contributed by atoms with Crippen molar-refractivity contribution in [2.75, 3.05) is 27.4 Å². The number of rotatable bonds is 10. The van der Waals surface area contributed by atoms with Crippen LogP contribution >= 0.6 is 0 Å². The van der Waals surface area contributed by atoms with Crippen LogP contribution in [0.3, 0.4) is 0 Å². The van der Waals surface area contributed by atoms with Gasteiger partial charge < -0.3 is 9.47 Å². The third kappa shape index (κ3) is 6.97. The number of hydroxylamine groups is 2. The molecular formula is C19H30N2O5S. The molecule has 1 saturated heterocycles. The van der Waals surface area contributed by atoms with Gasteiger partial charge in [-0.05, 0) is 38.8 Å². The van der Waals surface area contributed by atoms with E-state index in [4.69, 9.17) is 14.3 Å². The first-order valence-electron chi connectivity index (χ1n) is 9.16. The lowest BCUT2D eigenvalue weighted by atomic mass is 10.0. The Kier molecular flexibility index (Phi) is 8.37. The molecule has 0 bridgehead atoms. The number of ether oxygens (including phenoxy) is 2. The van der Waals surface area contributed by atoms with Crippen LogP contribution in [0.25, 0.3) is 0 Å². The van der Waals surface area contributed by atoms with E-state index in [1.807, 2.05) is 38.1 Å². The number of nitrogens with zero attached hydrogens (tertiary/aromatic N) is 1. The number of carbonyl (C=O) groups is 1. The summed E-state index contributed by atoms with van der Waals surface area (Å²) in [5.74, 6) is -0.732. The first-order chi connectivity index (χ1) is 12.8. The van der Waals surface area contributed by atoms with Gasteiger partial charge in [0.15, 0.2) is 5.79 Å².